The molecule has 3 N–H and O–H groups in total. The Balaban J connectivity index is 1.57. The monoisotopic (exact) mass is 681 g/mol. The second kappa shape index (κ2) is 16.9. The molecule has 0 saturated carbocycles. The molecule has 50 heavy (non-hydrogen) atoms. The molecule has 1 aliphatic rings. The lowest BCUT2D eigenvalue weighted by Crippen LogP contribution is -2.54. The van der Waals surface area contributed by atoms with Gasteiger partial charge in [-0.3, -0.25) is 10.2 Å². The average Bonchev–Trinajstić information content (AvgIpc) is 3.50. The van der Waals surface area contributed by atoms with Gasteiger partial charge in [-0.05, 0) is 76.1 Å². The van der Waals surface area contributed by atoms with E-state index < -0.39 is 29.2 Å². The third kappa shape index (κ3) is 8.53. The maximum absolute atomic E-state index is 14.5. The number of aliphatic imine (C=N–C) groups is 1. The summed E-state index contributed by atoms with van der Waals surface area (Å²) in [6, 6.07) is 24.0. The van der Waals surface area contributed by atoms with Gasteiger partial charge in [-0.25, -0.2) is 19.2 Å². The number of nitrogens with zero attached hydrogens (tertiary/aromatic N) is 7. The van der Waals surface area contributed by atoms with E-state index >= 15 is 0 Å². The molecule has 0 unspecified atom stereocenters. The van der Waals surface area contributed by atoms with E-state index in [-0.39, 0.29) is 44.1 Å². The highest BCUT2D eigenvalue weighted by molar-refractivity contribution is 6.01. The molecule has 0 radical (unpaired) electrons. The second-order valence-corrected chi connectivity index (χ2v) is 11.3. The molecule has 15 heteroatoms. The summed E-state index contributed by atoms with van der Waals surface area (Å²) in [6.07, 6.45) is -0.493. The number of ether oxygens (including phenoxy) is 2. The Kier molecular flexibility index (Phi) is 11.9. The highest BCUT2D eigenvalue weighted by Gasteiger charge is 2.54. The van der Waals surface area contributed by atoms with Gasteiger partial charge in [-0.2, -0.15) is 0 Å². The number of carbonyl (C=O) groups excluding carboxylic acids is 1. The van der Waals surface area contributed by atoms with Gasteiger partial charge in [0.2, 0.25) is 5.90 Å². The summed E-state index contributed by atoms with van der Waals surface area (Å²) in [5.41, 5.74) is 25.1. The highest BCUT2D eigenvalue weighted by atomic mass is 19.1. The summed E-state index contributed by atoms with van der Waals surface area (Å²) in [6.45, 7) is 0.410. The van der Waals surface area contributed by atoms with Crippen molar-refractivity contribution in [2.45, 2.75) is 37.5 Å². The minimum atomic E-state index is -1.73. The summed E-state index contributed by atoms with van der Waals surface area (Å²) < 4.78 is 39.8. The number of aliphatic hydroxyl groups excluding tert-OH is 1. The van der Waals surface area contributed by atoms with Crippen LogP contribution in [-0.2, 0) is 28.9 Å². The number of hydrogen-bond donors (Lipinski definition) is 3. The van der Waals surface area contributed by atoms with E-state index in [1.165, 1.54) is 12.1 Å². The van der Waals surface area contributed by atoms with Gasteiger partial charge in [0.1, 0.15) is 17.4 Å². The van der Waals surface area contributed by atoms with Gasteiger partial charge in [-0.1, -0.05) is 58.8 Å². The molecule has 0 saturated heterocycles. The number of aliphatic hydroxyl groups is 1. The molecule has 4 aromatic carbocycles. The number of carbonyl (C=O) groups is 1. The van der Waals surface area contributed by atoms with E-state index in [0.29, 0.717) is 46.6 Å². The predicted octanol–water partition coefficient (Wildman–Crippen LogP) is 6.84. The zero-order valence-electron chi connectivity index (χ0n) is 26.7. The summed E-state index contributed by atoms with van der Waals surface area (Å²) in [5.74, 6) is -1.33. The third-order valence-corrected chi connectivity index (χ3v) is 7.94. The molecule has 5 rings (SSSR count). The van der Waals surface area contributed by atoms with Crippen LogP contribution < -0.4 is 15.6 Å². The van der Waals surface area contributed by atoms with Gasteiger partial charge in [0, 0.05) is 53.1 Å². The lowest BCUT2D eigenvalue weighted by atomic mass is 9.80. The first-order valence-electron chi connectivity index (χ1n) is 15.7. The van der Waals surface area contributed by atoms with Crippen LogP contribution in [-0.4, -0.2) is 42.2 Å². The van der Waals surface area contributed by atoms with E-state index in [4.69, 9.17) is 25.1 Å². The molecule has 256 valence electrons. The minimum absolute atomic E-state index is 0.00353. The predicted molar refractivity (Wildman–Crippen MR) is 181 cm³/mol. The SMILES string of the molecule is [N-]=[N+]=NCc1ccccc1[C@@H]1OC(c2ccc(OCCCO)cc2)=N[C@]1(Cc1ccccc1N=[N+]=[N-])C(=O)NNCCc1cc(F)cc(F)c1. The second-order valence-electron chi connectivity index (χ2n) is 11.3. The molecule has 1 aliphatic heterocycles. The number of azide groups is 2. The lowest BCUT2D eigenvalue weighted by molar-refractivity contribution is -0.130. The zero-order valence-corrected chi connectivity index (χ0v) is 26.7. The van der Waals surface area contributed by atoms with Gasteiger partial charge < -0.3 is 14.6 Å². The van der Waals surface area contributed by atoms with Crippen molar-refractivity contribution in [3.05, 3.63) is 151 Å². The zero-order chi connectivity index (χ0) is 35.3. The van der Waals surface area contributed by atoms with Crippen molar-refractivity contribution in [1.29, 1.82) is 0 Å². The number of hydrazine groups is 1. The fourth-order valence-corrected chi connectivity index (χ4v) is 5.61. The quantitative estimate of drug-likeness (QED) is 0.0383. The van der Waals surface area contributed by atoms with Crippen LogP contribution in [0.25, 0.3) is 20.9 Å². The summed E-state index contributed by atoms with van der Waals surface area (Å²) in [7, 11) is 0. The number of benzene rings is 4. The minimum Gasteiger partial charge on any atom is -0.494 e. The van der Waals surface area contributed by atoms with Crippen molar-refractivity contribution in [3.8, 4) is 5.75 Å². The first-order valence-corrected chi connectivity index (χ1v) is 15.7. The number of halogens is 2. The van der Waals surface area contributed by atoms with E-state index in [1.54, 1.807) is 72.8 Å². The van der Waals surface area contributed by atoms with E-state index in [0.717, 1.165) is 6.07 Å². The van der Waals surface area contributed by atoms with Crippen LogP contribution in [0.3, 0.4) is 0 Å². The molecule has 4 aromatic rings. The maximum Gasteiger partial charge on any atom is 0.266 e. The van der Waals surface area contributed by atoms with E-state index in [9.17, 15) is 19.1 Å². The van der Waals surface area contributed by atoms with Gasteiger partial charge in [0.05, 0.1) is 13.2 Å². The van der Waals surface area contributed by atoms with Crippen LogP contribution in [0.4, 0.5) is 14.5 Å². The molecule has 1 amide bonds. The Hall–Kier alpha value is -5.98. The molecule has 0 bridgehead atoms. The molecular weight excluding hydrogens is 648 g/mol. The molecular formula is C35H33F2N9O4. The van der Waals surface area contributed by atoms with Crippen molar-refractivity contribution in [2.24, 2.45) is 15.2 Å². The Morgan fingerprint density at radius 2 is 1.70 bits per heavy atom. The largest absolute Gasteiger partial charge is 0.494 e. The molecule has 1 heterocycles. The number of rotatable bonds is 16. The Bertz CT molecular complexity index is 1930. The Morgan fingerprint density at radius 1 is 0.980 bits per heavy atom. The number of nitrogens with one attached hydrogen (secondary N) is 2. The van der Waals surface area contributed by atoms with Gasteiger partial charge >= 0.3 is 0 Å². The van der Waals surface area contributed by atoms with E-state index in [2.05, 4.69) is 30.9 Å². The molecule has 2 atom stereocenters. The van der Waals surface area contributed by atoms with Crippen molar-refractivity contribution in [1.82, 2.24) is 10.9 Å². The van der Waals surface area contributed by atoms with Crippen LogP contribution >= 0.6 is 0 Å². The molecule has 0 spiro atoms. The van der Waals surface area contributed by atoms with Gasteiger partial charge in [0.15, 0.2) is 11.6 Å². The summed E-state index contributed by atoms with van der Waals surface area (Å²) >= 11 is 0. The van der Waals surface area contributed by atoms with Crippen LogP contribution in [0, 0.1) is 11.6 Å². The van der Waals surface area contributed by atoms with Crippen molar-refractivity contribution in [3.63, 3.8) is 0 Å². The van der Waals surface area contributed by atoms with Crippen LogP contribution in [0.15, 0.2) is 106 Å². The highest BCUT2D eigenvalue weighted by Crippen LogP contribution is 2.44. The third-order valence-electron chi connectivity index (χ3n) is 7.94. The van der Waals surface area contributed by atoms with E-state index in [1.807, 2.05) is 0 Å². The van der Waals surface area contributed by atoms with Crippen molar-refractivity contribution in [2.75, 3.05) is 19.8 Å². The van der Waals surface area contributed by atoms with Crippen LogP contribution in [0.1, 0.15) is 40.3 Å². The molecule has 0 aromatic heterocycles. The average molecular weight is 682 g/mol. The smallest absolute Gasteiger partial charge is 0.266 e. The molecule has 0 aliphatic carbocycles. The van der Waals surface area contributed by atoms with Crippen molar-refractivity contribution >= 4 is 17.5 Å². The Morgan fingerprint density at radius 3 is 2.42 bits per heavy atom. The van der Waals surface area contributed by atoms with Crippen LogP contribution in [0.5, 0.6) is 5.75 Å². The summed E-state index contributed by atoms with van der Waals surface area (Å²) in [5, 5.41) is 16.7. The maximum atomic E-state index is 14.5. The van der Waals surface area contributed by atoms with Crippen LogP contribution in [0.2, 0.25) is 0 Å². The number of hydrogen-bond acceptors (Lipinski definition) is 8. The van der Waals surface area contributed by atoms with Crippen molar-refractivity contribution < 1.29 is 28.2 Å². The standard InChI is InChI=1S/C35H33F2N9O4/c36-27-18-23(19-28(37)20-27)14-15-40-44-34(48)35(21-25-6-2-4-9-31(25)43-46-39)32(30-8-3-1-7-26(30)22-41-45-38)50-33(42-35)24-10-12-29(13-11-24)49-17-5-16-47/h1-4,6-13,18-20,32,40,47H,5,14-17,21-22H2,(H,44,48)/t32-,35-/m0/s1. The fourth-order valence-electron chi connectivity index (χ4n) is 5.61. The topological polar surface area (TPSA) is 190 Å². The first-order chi connectivity index (χ1) is 24.4. The fraction of sp³-hybridized carbons (Fsp3) is 0.257. The number of amides is 1. The lowest BCUT2D eigenvalue weighted by Gasteiger charge is -2.32. The summed E-state index contributed by atoms with van der Waals surface area (Å²) in [4.78, 5) is 25.4. The normalized spacial score (nSPS) is 16.4. The van der Waals surface area contributed by atoms with Gasteiger partial charge in [-0.15, -0.1) is 0 Å². The first kappa shape index (κ1) is 35.3. The molecule has 13 nitrogen and oxygen atoms in total. The van der Waals surface area contributed by atoms with Gasteiger partial charge in [0.25, 0.3) is 5.91 Å². The molecule has 0 fully saturated rings. The Labute approximate surface area is 285 Å².